The van der Waals surface area contributed by atoms with E-state index >= 15 is 0 Å². The average Bonchev–Trinajstić information content (AvgIpc) is 3.29. The van der Waals surface area contributed by atoms with E-state index in [1.807, 2.05) is 81.4 Å². The number of aromatic hydroxyl groups is 1. The number of carbonyl (C=O) groups is 2. The molecule has 2 aromatic carbocycles. The van der Waals surface area contributed by atoms with E-state index in [0.717, 1.165) is 44.9 Å². The van der Waals surface area contributed by atoms with E-state index in [9.17, 15) is 19.7 Å². The highest BCUT2D eigenvalue weighted by molar-refractivity contribution is 6.43. The van der Waals surface area contributed by atoms with Crippen LogP contribution in [-0.2, 0) is 14.2 Å². The van der Waals surface area contributed by atoms with Crippen molar-refractivity contribution in [2.45, 2.75) is 58.9 Å². The summed E-state index contributed by atoms with van der Waals surface area (Å²) in [5, 5.41) is 21.4. The van der Waals surface area contributed by atoms with Crippen LogP contribution in [0.15, 0.2) is 78.0 Å². The van der Waals surface area contributed by atoms with Gasteiger partial charge in [0.25, 0.3) is 0 Å². The van der Waals surface area contributed by atoms with Gasteiger partial charge in [-0.15, -0.1) is 0 Å². The molecule has 238 valence electrons. The van der Waals surface area contributed by atoms with Gasteiger partial charge in [-0.25, -0.2) is 0 Å². The first kappa shape index (κ1) is 31.8. The van der Waals surface area contributed by atoms with Crippen molar-refractivity contribution < 1.29 is 29.1 Å². The number of likely N-dealkylation sites (tertiary alicyclic amines) is 1. The second-order valence-electron chi connectivity index (χ2n) is 12.7. The van der Waals surface area contributed by atoms with E-state index < -0.39 is 25.1 Å². The lowest BCUT2D eigenvalue weighted by molar-refractivity contribution is -0.140. The average molecular weight is 621 g/mol. The zero-order chi connectivity index (χ0) is 32.4. The first-order valence-corrected chi connectivity index (χ1v) is 16.3. The second-order valence-corrected chi connectivity index (χ2v) is 12.7. The van der Waals surface area contributed by atoms with Crippen molar-refractivity contribution in [3.05, 3.63) is 100 Å². The number of para-hydroxylation sites is 1. The van der Waals surface area contributed by atoms with Gasteiger partial charge in [0, 0.05) is 12.7 Å². The first-order chi connectivity index (χ1) is 22.2. The Morgan fingerprint density at radius 1 is 1.07 bits per heavy atom. The van der Waals surface area contributed by atoms with Gasteiger partial charge in [-0.3, -0.25) is 19.5 Å². The second kappa shape index (κ2) is 13.7. The van der Waals surface area contributed by atoms with Gasteiger partial charge < -0.3 is 19.5 Å². The minimum atomic E-state index is -1.05. The number of rotatable bonds is 10. The summed E-state index contributed by atoms with van der Waals surface area (Å²) in [6, 6.07) is 19.3. The van der Waals surface area contributed by atoms with Crippen LogP contribution < -0.4 is 4.74 Å². The van der Waals surface area contributed by atoms with Gasteiger partial charge in [0.2, 0.25) is 11.8 Å². The van der Waals surface area contributed by atoms with Crippen LogP contribution >= 0.6 is 0 Å². The third-order valence-corrected chi connectivity index (χ3v) is 9.53. The van der Waals surface area contributed by atoms with Crippen LogP contribution in [0.3, 0.4) is 0 Å². The third-order valence-electron chi connectivity index (χ3n) is 9.53. The maximum absolute atomic E-state index is 13.7. The fourth-order valence-corrected chi connectivity index (χ4v) is 7.48. The van der Waals surface area contributed by atoms with Crippen molar-refractivity contribution in [2.24, 2.45) is 17.8 Å². The van der Waals surface area contributed by atoms with Crippen molar-refractivity contribution in [3.63, 3.8) is 0 Å². The van der Waals surface area contributed by atoms with Crippen LogP contribution in [0.5, 0.6) is 11.5 Å². The number of ether oxygens (including phenoxy) is 1. The highest BCUT2D eigenvalue weighted by Crippen LogP contribution is 2.51. The molecule has 46 heavy (non-hydrogen) atoms. The smallest absolute Gasteiger partial charge is 0.455 e. The summed E-state index contributed by atoms with van der Waals surface area (Å²) in [4.78, 5) is 33.3. The summed E-state index contributed by atoms with van der Waals surface area (Å²) in [5.41, 5.74) is 6.33. The van der Waals surface area contributed by atoms with Gasteiger partial charge in [0.1, 0.15) is 18.1 Å². The maximum atomic E-state index is 13.7. The molecule has 2 fully saturated rings. The summed E-state index contributed by atoms with van der Waals surface area (Å²) in [6.45, 7) is 6.41. The number of carbonyl (C=O) groups excluding carboxylic acids is 2. The van der Waals surface area contributed by atoms with E-state index in [0.29, 0.717) is 32.2 Å². The number of amides is 2. The molecule has 0 radical (unpaired) electrons. The summed E-state index contributed by atoms with van der Waals surface area (Å²) in [7, 11) is -1.05. The molecule has 0 saturated carbocycles. The highest BCUT2D eigenvalue weighted by Gasteiger charge is 2.57. The lowest BCUT2D eigenvalue weighted by atomic mass is 9.58. The molecule has 6 rings (SSSR count). The fourth-order valence-electron chi connectivity index (χ4n) is 7.48. The maximum Gasteiger partial charge on any atom is 0.455 e. The number of aryl methyl sites for hydroxylation is 2. The lowest BCUT2D eigenvalue weighted by Crippen LogP contribution is -2.46. The summed E-state index contributed by atoms with van der Waals surface area (Å²) in [6.07, 6.45) is 5.89. The minimum absolute atomic E-state index is 0.120. The molecule has 1 aliphatic carbocycles. The minimum Gasteiger partial charge on any atom is -0.507 e. The standard InChI is InChI=1S/C37H41BN2O6/c1-4-16-40-36(42)29-20-27(22-45-28-10-6-5-7-11-28)33-30(34(29)37(40)43)21-38(44)46-32(33)14-13-26(31-12-8-9-15-39-31)19-25-17-23(2)35(41)24(3)18-25/h5-12,15,17-19,29-30,32,34,41,44H,4,13-14,16,20-22H2,1-3H3/b26-19-/t29-,30+,32-,34-/m1/s1. The Hall–Kier alpha value is -4.21. The molecule has 3 aliphatic rings. The topological polar surface area (TPSA) is 109 Å². The number of benzene rings is 2. The molecular formula is C37H41BN2O6. The van der Waals surface area contributed by atoms with Crippen LogP contribution in [0.1, 0.15) is 55.0 Å². The van der Waals surface area contributed by atoms with Crippen molar-refractivity contribution >= 4 is 30.6 Å². The molecule has 0 unspecified atom stereocenters. The molecule has 2 saturated heterocycles. The zero-order valence-corrected chi connectivity index (χ0v) is 26.7. The fraction of sp³-hybridized carbons (Fsp3) is 0.378. The number of phenols is 1. The van der Waals surface area contributed by atoms with E-state index in [1.165, 1.54) is 4.90 Å². The summed E-state index contributed by atoms with van der Waals surface area (Å²) in [5.74, 6) is -0.526. The summed E-state index contributed by atoms with van der Waals surface area (Å²) >= 11 is 0. The Morgan fingerprint density at radius 2 is 1.80 bits per heavy atom. The molecule has 9 heteroatoms. The normalized spacial score (nSPS) is 23.1. The number of allylic oxidation sites excluding steroid dienone is 1. The molecule has 0 spiro atoms. The molecule has 2 amide bonds. The molecular weight excluding hydrogens is 579 g/mol. The predicted octanol–water partition coefficient (Wildman–Crippen LogP) is 6.01. The molecule has 8 nitrogen and oxygen atoms in total. The van der Waals surface area contributed by atoms with E-state index in [2.05, 4.69) is 11.1 Å². The quantitative estimate of drug-likeness (QED) is 0.162. The van der Waals surface area contributed by atoms with Crippen LogP contribution in [0, 0.1) is 31.6 Å². The van der Waals surface area contributed by atoms with Crippen molar-refractivity contribution in [1.82, 2.24) is 9.88 Å². The van der Waals surface area contributed by atoms with E-state index in [1.54, 1.807) is 6.20 Å². The number of hydrogen-bond acceptors (Lipinski definition) is 7. The third kappa shape index (κ3) is 6.39. The van der Waals surface area contributed by atoms with Gasteiger partial charge in [0.05, 0.1) is 23.6 Å². The molecule has 4 atom stereocenters. The first-order valence-electron chi connectivity index (χ1n) is 16.3. The molecule has 1 aromatic heterocycles. The van der Waals surface area contributed by atoms with Gasteiger partial charge in [-0.2, -0.15) is 0 Å². The molecule has 2 N–H and O–H groups in total. The van der Waals surface area contributed by atoms with Crippen molar-refractivity contribution in [3.8, 4) is 11.5 Å². The number of imide groups is 1. The number of hydrogen-bond donors (Lipinski definition) is 2. The largest absolute Gasteiger partial charge is 0.507 e. The van der Waals surface area contributed by atoms with Crippen LogP contribution in [0.2, 0.25) is 6.32 Å². The number of nitrogens with zero attached hydrogens (tertiary/aromatic N) is 2. The SMILES string of the molecule is CCCN1C(=O)[C@@H]2[C@@H](CC(COc3ccccc3)=C3[C@@H](CC/C(=C/c4cc(C)c(O)c(C)c4)c4ccccn4)OB(O)C[C@@H]32)C1=O. The molecule has 0 bridgehead atoms. The molecule has 3 aromatic rings. The van der Waals surface area contributed by atoms with Gasteiger partial charge in [0.15, 0.2) is 0 Å². The van der Waals surface area contributed by atoms with Gasteiger partial charge in [-0.05, 0) is 128 Å². The van der Waals surface area contributed by atoms with E-state index in [-0.39, 0.29) is 36.4 Å². The molecule has 2 aliphatic heterocycles. The van der Waals surface area contributed by atoms with Crippen LogP contribution in [0.25, 0.3) is 11.6 Å². The molecule has 3 heterocycles. The van der Waals surface area contributed by atoms with E-state index in [4.69, 9.17) is 9.39 Å². The Kier molecular flexibility index (Phi) is 9.43. The zero-order valence-electron chi connectivity index (χ0n) is 26.7. The van der Waals surface area contributed by atoms with Gasteiger partial charge in [-0.1, -0.05) is 31.2 Å². The van der Waals surface area contributed by atoms with Crippen LogP contribution in [-0.4, -0.2) is 58.2 Å². The van der Waals surface area contributed by atoms with Gasteiger partial charge >= 0.3 is 7.12 Å². The lowest BCUT2D eigenvalue weighted by Gasteiger charge is -2.43. The predicted molar refractivity (Wildman–Crippen MR) is 178 cm³/mol. The van der Waals surface area contributed by atoms with Crippen molar-refractivity contribution in [2.75, 3.05) is 13.2 Å². The van der Waals surface area contributed by atoms with Crippen molar-refractivity contribution in [1.29, 1.82) is 0 Å². The Balaban J connectivity index is 1.36. The monoisotopic (exact) mass is 620 g/mol. The Morgan fingerprint density at radius 3 is 2.50 bits per heavy atom. The Labute approximate surface area is 270 Å². The highest BCUT2D eigenvalue weighted by atomic mass is 16.5. The van der Waals surface area contributed by atoms with Crippen LogP contribution in [0.4, 0.5) is 0 Å². The summed E-state index contributed by atoms with van der Waals surface area (Å²) < 4.78 is 12.5. The number of fused-ring (bicyclic) bond motifs is 3. The number of aromatic nitrogens is 1. The number of phenolic OH excluding ortho intramolecular Hbond substituents is 1. The number of pyridine rings is 1. The Bertz CT molecular complexity index is 1630.